The molecule has 1 amide bonds. The zero-order chi connectivity index (χ0) is 17.6. The molecule has 1 N–H and O–H groups in total. The summed E-state index contributed by atoms with van der Waals surface area (Å²) < 4.78 is 0. The maximum atomic E-state index is 12.3. The lowest BCUT2D eigenvalue weighted by molar-refractivity contribution is -0.121. The first-order valence-corrected chi connectivity index (χ1v) is 9.11. The van der Waals surface area contributed by atoms with E-state index >= 15 is 0 Å². The molecule has 132 valence electrons. The molecule has 1 atom stereocenters. The summed E-state index contributed by atoms with van der Waals surface area (Å²) in [6.07, 6.45) is 6.19. The molecule has 0 unspecified atom stereocenters. The van der Waals surface area contributed by atoms with Gasteiger partial charge in [0.25, 0.3) is 0 Å². The zero-order valence-electron chi connectivity index (χ0n) is 15.1. The van der Waals surface area contributed by atoms with Crippen LogP contribution in [0.3, 0.4) is 0 Å². The van der Waals surface area contributed by atoms with Crippen molar-refractivity contribution in [3.05, 3.63) is 65.5 Å². The van der Waals surface area contributed by atoms with Gasteiger partial charge in [0, 0.05) is 37.6 Å². The van der Waals surface area contributed by atoms with Crippen LogP contribution >= 0.6 is 0 Å². The molecule has 4 nitrogen and oxygen atoms in total. The third-order valence-corrected chi connectivity index (χ3v) is 5.24. The minimum atomic E-state index is 0.134. The third kappa shape index (κ3) is 4.67. The van der Waals surface area contributed by atoms with Crippen molar-refractivity contribution in [3.63, 3.8) is 0 Å². The molecule has 0 bridgehead atoms. The van der Waals surface area contributed by atoms with Crippen molar-refractivity contribution in [2.45, 2.75) is 45.2 Å². The average molecular weight is 337 g/mol. The van der Waals surface area contributed by atoms with E-state index in [-0.39, 0.29) is 11.9 Å². The number of amides is 1. The van der Waals surface area contributed by atoms with Crippen LogP contribution in [0.5, 0.6) is 0 Å². The molecule has 1 aliphatic rings. The number of benzene rings is 1. The van der Waals surface area contributed by atoms with E-state index in [1.807, 2.05) is 30.6 Å². The molecule has 0 radical (unpaired) electrons. The SMILES string of the molecule is Cc1ccccc1CC(=O)NC1CCN([C@@H](C)c2ccncc2)CC1. The van der Waals surface area contributed by atoms with E-state index in [0.29, 0.717) is 12.5 Å². The number of carbonyl (C=O) groups is 1. The van der Waals surface area contributed by atoms with Crippen molar-refractivity contribution in [3.8, 4) is 0 Å². The summed E-state index contributed by atoms with van der Waals surface area (Å²) >= 11 is 0. The van der Waals surface area contributed by atoms with Gasteiger partial charge in [0.05, 0.1) is 6.42 Å². The average Bonchev–Trinajstić information content (AvgIpc) is 2.64. The molecule has 25 heavy (non-hydrogen) atoms. The van der Waals surface area contributed by atoms with Gasteiger partial charge in [-0.2, -0.15) is 0 Å². The quantitative estimate of drug-likeness (QED) is 0.911. The Balaban J connectivity index is 1.48. The van der Waals surface area contributed by atoms with Gasteiger partial charge in [-0.15, -0.1) is 0 Å². The molecular weight excluding hydrogens is 310 g/mol. The summed E-state index contributed by atoms with van der Waals surface area (Å²) in [5.41, 5.74) is 3.60. The van der Waals surface area contributed by atoms with Gasteiger partial charge in [0.1, 0.15) is 0 Å². The number of carbonyl (C=O) groups excluding carboxylic acids is 1. The Bertz CT molecular complexity index is 693. The van der Waals surface area contributed by atoms with Crippen LogP contribution in [0.15, 0.2) is 48.8 Å². The first-order valence-electron chi connectivity index (χ1n) is 9.11. The number of nitrogens with zero attached hydrogens (tertiary/aromatic N) is 2. The Hall–Kier alpha value is -2.20. The number of aromatic nitrogens is 1. The van der Waals surface area contributed by atoms with Crippen LogP contribution in [0.25, 0.3) is 0 Å². The van der Waals surface area contributed by atoms with Crippen molar-refractivity contribution in [2.75, 3.05) is 13.1 Å². The van der Waals surface area contributed by atoms with Crippen LogP contribution in [0.2, 0.25) is 0 Å². The molecular formula is C21H27N3O. The second kappa shape index (κ2) is 8.26. The number of aryl methyl sites for hydroxylation is 1. The van der Waals surface area contributed by atoms with Crippen LogP contribution in [0.4, 0.5) is 0 Å². The standard InChI is InChI=1S/C21H27N3O/c1-16-5-3-4-6-19(16)15-21(25)23-20-9-13-24(14-10-20)17(2)18-7-11-22-12-8-18/h3-8,11-12,17,20H,9-10,13-15H2,1-2H3,(H,23,25)/t17-/m0/s1. The number of pyridine rings is 1. The summed E-state index contributed by atoms with van der Waals surface area (Å²) in [6, 6.07) is 13.0. The molecule has 0 aliphatic carbocycles. The van der Waals surface area contributed by atoms with E-state index in [9.17, 15) is 4.79 Å². The van der Waals surface area contributed by atoms with E-state index in [1.54, 1.807) is 0 Å². The molecule has 0 spiro atoms. The van der Waals surface area contributed by atoms with Crippen LogP contribution in [0, 0.1) is 6.92 Å². The predicted molar refractivity (Wildman–Crippen MR) is 100 cm³/mol. The van der Waals surface area contributed by atoms with Crippen molar-refractivity contribution < 1.29 is 4.79 Å². The normalized spacial score (nSPS) is 17.2. The highest BCUT2D eigenvalue weighted by atomic mass is 16.1. The third-order valence-electron chi connectivity index (χ3n) is 5.24. The molecule has 1 aromatic carbocycles. The van der Waals surface area contributed by atoms with Crippen molar-refractivity contribution in [1.82, 2.24) is 15.2 Å². The summed E-state index contributed by atoms with van der Waals surface area (Å²) in [5.74, 6) is 0.134. The van der Waals surface area contributed by atoms with Gasteiger partial charge in [-0.1, -0.05) is 24.3 Å². The van der Waals surface area contributed by atoms with Crippen molar-refractivity contribution in [1.29, 1.82) is 0 Å². The van der Waals surface area contributed by atoms with Gasteiger partial charge in [0.15, 0.2) is 0 Å². The lowest BCUT2D eigenvalue weighted by atomic mass is 10.00. The molecule has 4 heteroatoms. The lowest BCUT2D eigenvalue weighted by Gasteiger charge is -2.36. The molecule has 1 fully saturated rings. The van der Waals surface area contributed by atoms with E-state index in [0.717, 1.165) is 31.5 Å². The lowest BCUT2D eigenvalue weighted by Crippen LogP contribution is -2.45. The maximum absolute atomic E-state index is 12.3. The van der Waals surface area contributed by atoms with E-state index in [1.165, 1.54) is 11.1 Å². The summed E-state index contributed by atoms with van der Waals surface area (Å²) in [4.78, 5) is 18.9. The highest BCUT2D eigenvalue weighted by Gasteiger charge is 2.24. The van der Waals surface area contributed by atoms with E-state index < -0.39 is 0 Å². The second-order valence-corrected chi connectivity index (χ2v) is 6.94. The number of piperidine rings is 1. The molecule has 2 heterocycles. The Kier molecular flexibility index (Phi) is 5.82. The summed E-state index contributed by atoms with van der Waals surface area (Å²) in [7, 11) is 0. The van der Waals surface area contributed by atoms with E-state index in [4.69, 9.17) is 0 Å². The van der Waals surface area contributed by atoms with Gasteiger partial charge >= 0.3 is 0 Å². The van der Waals surface area contributed by atoms with Crippen molar-refractivity contribution >= 4 is 5.91 Å². The van der Waals surface area contributed by atoms with Gasteiger partial charge in [-0.3, -0.25) is 14.7 Å². The second-order valence-electron chi connectivity index (χ2n) is 6.94. The van der Waals surface area contributed by atoms with Crippen LogP contribution in [0.1, 0.15) is 42.5 Å². The number of nitrogens with one attached hydrogen (secondary N) is 1. The number of likely N-dealkylation sites (tertiary alicyclic amines) is 1. The topological polar surface area (TPSA) is 45.2 Å². The van der Waals surface area contributed by atoms with Gasteiger partial charge in [-0.05, 0) is 55.5 Å². The van der Waals surface area contributed by atoms with Crippen LogP contribution < -0.4 is 5.32 Å². The smallest absolute Gasteiger partial charge is 0.224 e. The van der Waals surface area contributed by atoms with Crippen LogP contribution in [-0.2, 0) is 11.2 Å². The van der Waals surface area contributed by atoms with Crippen LogP contribution in [-0.4, -0.2) is 34.9 Å². The van der Waals surface area contributed by atoms with Gasteiger partial charge < -0.3 is 5.32 Å². The first-order chi connectivity index (χ1) is 12.1. The fourth-order valence-corrected chi connectivity index (χ4v) is 3.54. The number of rotatable bonds is 5. The van der Waals surface area contributed by atoms with E-state index in [2.05, 4.69) is 47.2 Å². The number of hydrogen-bond acceptors (Lipinski definition) is 3. The predicted octanol–water partition coefficient (Wildman–Crippen LogP) is 3.27. The molecule has 0 saturated carbocycles. The Morgan fingerprint density at radius 2 is 1.88 bits per heavy atom. The molecule has 1 aliphatic heterocycles. The van der Waals surface area contributed by atoms with Gasteiger partial charge in [0.2, 0.25) is 5.91 Å². The highest BCUT2D eigenvalue weighted by molar-refractivity contribution is 5.79. The Morgan fingerprint density at radius 1 is 1.20 bits per heavy atom. The fourth-order valence-electron chi connectivity index (χ4n) is 3.54. The zero-order valence-corrected chi connectivity index (χ0v) is 15.1. The minimum absolute atomic E-state index is 0.134. The minimum Gasteiger partial charge on any atom is -0.353 e. The molecule has 1 aromatic heterocycles. The Labute approximate surface area is 150 Å². The first kappa shape index (κ1) is 17.6. The number of hydrogen-bond donors (Lipinski definition) is 1. The molecule has 2 aromatic rings. The highest BCUT2D eigenvalue weighted by Crippen LogP contribution is 2.23. The largest absolute Gasteiger partial charge is 0.353 e. The van der Waals surface area contributed by atoms with Crippen molar-refractivity contribution in [2.24, 2.45) is 0 Å². The molecule has 3 rings (SSSR count). The molecule has 1 saturated heterocycles. The fraction of sp³-hybridized carbons (Fsp3) is 0.429. The summed E-state index contributed by atoms with van der Waals surface area (Å²) in [5, 5.41) is 3.22. The van der Waals surface area contributed by atoms with Gasteiger partial charge in [-0.25, -0.2) is 0 Å². The maximum Gasteiger partial charge on any atom is 0.224 e. The Morgan fingerprint density at radius 3 is 2.56 bits per heavy atom. The monoisotopic (exact) mass is 337 g/mol. The summed E-state index contributed by atoms with van der Waals surface area (Å²) in [6.45, 7) is 6.33.